The summed E-state index contributed by atoms with van der Waals surface area (Å²) >= 11 is 0. The zero-order chi connectivity index (χ0) is 14.2. The number of pyridine rings is 1. The third kappa shape index (κ3) is 2.45. The fourth-order valence-electron chi connectivity index (χ4n) is 2.77. The van der Waals surface area contributed by atoms with Crippen LogP contribution in [-0.2, 0) is 5.54 Å². The summed E-state index contributed by atoms with van der Waals surface area (Å²) in [5.74, 6) is 1.32. The molecule has 2 aromatic rings. The fourth-order valence-corrected chi connectivity index (χ4v) is 2.77. The second-order valence-electron chi connectivity index (χ2n) is 5.78. The van der Waals surface area contributed by atoms with Gasteiger partial charge in [0.25, 0.3) is 0 Å². The molecule has 0 aromatic carbocycles. The molecule has 0 aliphatic carbocycles. The van der Waals surface area contributed by atoms with Crippen LogP contribution in [0.25, 0.3) is 11.4 Å². The quantitative estimate of drug-likeness (QED) is 0.910. The molecule has 0 bridgehead atoms. The number of rotatable bonds is 2. The molecule has 20 heavy (non-hydrogen) atoms. The lowest BCUT2D eigenvalue weighted by Crippen LogP contribution is -2.43. The Morgan fingerprint density at radius 2 is 1.90 bits per heavy atom. The highest BCUT2D eigenvalue weighted by Crippen LogP contribution is 2.30. The average Bonchev–Trinajstić information content (AvgIpc) is 2.89. The smallest absolute Gasteiger partial charge is 0.246 e. The summed E-state index contributed by atoms with van der Waals surface area (Å²) in [5, 5.41) is 7.63. The average molecular weight is 272 g/mol. The van der Waals surface area contributed by atoms with Crippen molar-refractivity contribution >= 4 is 0 Å². The van der Waals surface area contributed by atoms with Gasteiger partial charge in [0.05, 0.1) is 5.54 Å². The van der Waals surface area contributed by atoms with Crippen LogP contribution in [0.2, 0.25) is 0 Å². The van der Waals surface area contributed by atoms with Crippen LogP contribution in [0, 0.1) is 13.8 Å². The van der Waals surface area contributed by atoms with Gasteiger partial charge in [0, 0.05) is 17.0 Å². The highest BCUT2D eigenvalue weighted by Gasteiger charge is 2.34. The van der Waals surface area contributed by atoms with Gasteiger partial charge in [0.15, 0.2) is 0 Å². The maximum absolute atomic E-state index is 5.50. The van der Waals surface area contributed by atoms with E-state index in [4.69, 9.17) is 4.52 Å². The number of nitrogens with zero attached hydrogens (tertiary/aromatic N) is 3. The van der Waals surface area contributed by atoms with Crippen LogP contribution >= 0.6 is 0 Å². The van der Waals surface area contributed by atoms with E-state index in [2.05, 4.69) is 27.4 Å². The van der Waals surface area contributed by atoms with Crippen molar-refractivity contribution < 1.29 is 4.52 Å². The molecule has 3 rings (SSSR count). The normalized spacial score (nSPS) is 22.9. The highest BCUT2D eigenvalue weighted by atomic mass is 16.5. The maximum atomic E-state index is 5.50. The molecule has 1 fully saturated rings. The Hall–Kier alpha value is -1.75. The third-order valence-corrected chi connectivity index (χ3v) is 3.86. The molecule has 106 valence electrons. The van der Waals surface area contributed by atoms with Gasteiger partial charge in [-0.25, -0.2) is 0 Å². The molecule has 5 heteroatoms. The van der Waals surface area contributed by atoms with Crippen molar-refractivity contribution in [2.45, 2.75) is 45.6 Å². The lowest BCUT2D eigenvalue weighted by Gasteiger charge is -2.31. The molecule has 0 amide bonds. The first-order valence-electron chi connectivity index (χ1n) is 7.12. The summed E-state index contributed by atoms with van der Waals surface area (Å²) in [7, 11) is 0. The van der Waals surface area contributed by atoms with Crippen molar-refractivity contribution in [2.24, 2.45) is 0 Å². The standard InChI is InChI=1S/C15H20N4O/c1-10-8-12(9-11(2)17-10)13-18-14(20-19-13)15(3)6-4-5-7-16-15/h8-9,16H,4-7H2,1-3H3. The second-order valence-corrected chi connectivity index (χ2v) is 5.78. The molecule has 5 nitrogen and oxygen atoms in total. The van der Waals surface area contributed by atoms with E-state index in [0.29, 0.717) is 11.7 Å². The molecule has 1 aliphatic heterocycles. The van der Waals surface area contributed by atoms with E-state index in [9.17, 15) is 0 Å². The second kappa shape index (κ2) is 4.98. The summed E-state index contributed by atoms with van der Waals surface area (Å²) in [6, 6.07) is 3.97. The monoisotopic (exact) mass is 272 g/mol. The van der Waals surface area contributed by atoms with Crippen molar-refractivity contribution in [3.05, 3.63) is 29.4 Å². The molecule has 1 unspecified atom stereocenters. The van der Waals surface area contributed by atoms with E-state index in [0.717, 1.165) is 29.9 Å². The Balaban J connectivity index is 1.93. The van der Waals surface area contributed by atoms with E-state index in [1.54, 1.807) is 0 Å². The highest BCUT2D eigenvalue weighted by molar-refractivity contribution is 5.55. The Morgan fingerprint density at radius 3 is 2.55 bits per heavy atom. The lowest BCUT2D eigenvalue weighted by atomic mass is 9.91. The SMILES string of the molecule is Cc1cc(-c2noc(C3(C)CCCCN3)n2)cc(C)n1. The van der Waals surface area contributed by atoms with Gasteiger partial charge in [0.1, 0.15) is 0 Å². The minimum atomic E-state index is -0.194. The van der Waals surface area contributed by atoms with Crippen LogP contribution in [0.5, 0.6) is 0 Å². The van der Waals surface area contributed by atoms with E-state index < -0.39 is 0 Å². The Morgan fingerprint density at radius 1 is 1.15 bits per heavy atom. The lowest BCUT2D eigenvalue weighted by molar-refractivity contribution is 0.207. The first-order valence-corrected chi connectivity index (χ1v) is 7.12. The van der Waals surface area contributed by atoms with Gasteiger partial charge in [-0.05, 0) is 58.7 Å². The van der Waals surface area contributed by atoms with E-state index >= 15 is 0 Å². The van der Waals surface area contributed by atoms with Crippen molar-refractivity contribution in [1.29, 1.82) is 0 Å². The Kier molecular flexibility index (Phi) is 3.30. The molecule has 0 saturated carbocycles. The van der Waals surface area contributed by atoms with Gasteiger partial charge in [-0.3, -0.25) is 4.98 Å². The first kappa shape index (κ1) is 13.2. The molecule has 1 atom stereocenters. The third-order valence-electron chi connectivity index (χ3n) is 3.86. The number of aryl methyl sites for hydroxylation is 2. The molecule has 2 aromatic heterocycles. The van der Waals surface area contributed by atoms with Crippen molar-refractivity contribution in [2.75, 3.05) is 6.54 Å². The van der Waals surface area contributed by atoms with Crippen LogP contribution in [0.15, 0.2) is 16.7 Å². The molecular formula is C15H20N4O. The number of aromatic nitrogens is 3. The summed E-state index contributed by atoms with van der Waals surface area (Å²) in [6.45, 7) is 7.08. The van der Waals surface area contributed by atoms with Gasteiger partial charge in [-0.2, -0.15) is 4.98 Å². The number of piperidine rings is 1. The van der Waals surface area contributed by atoms with Crippen LogP contribution in [-0.4, -0.2) is 21.7 Å². The zero-order valence-corrected chi connectivity index (χ0v) is 12.2. The Bertz CT molecular complexity index is 594. The number of hydrogen-bond acceptors (Lipinski definition) is 5. The number of hydrogen-bond donors (Lipinski definition) is 1. The molecule has 3 heterocycles. The molecule has 1 N–H and O–H groups in total. The van der Waals surface area contributed by atoms with Crippen LogP contribution in [0.3, 0.4) is 0 Å². The fraction of sp³-hybridized carbons (Fsp3) is 0.533. The van der Waals surface area contributed by atoms with E-state index in [-0.39, 0.29) is 5.54 Å². The molecule has 1 aliphatic rings. The van der Waals surface area contributed by atoms with Gasteiger partial charge in [0.2, 0.25) is 11.7 Å². The number of nitrogens with one attached hydrogen (secondary N) is 1. The van der Waals surface area contributed by atoms with Gasteiger partial charge in [-0.15, -0.1) is 0 Å². The van der Waals surface area contributed by atoms with Crippen molar-refractivity contribution in [3.63, 3.8) is 0 Å². The van der Waals surface area contributed by atoms with Crippen LogP contribution < -0.4 is 5.32 Å². The minimum Gasteiger partial charge on any atom is -0.337 e. The predicted molar refractivity (Wildman–Crippen MR) is 76.2 cm³/mol. The first-order chi connectivity index (χ1) is 9.57. The van der Waals surface area contributed by atoms with E-state index in [1.165, 1.54) is 12.8 Å². The molecule has 0 radical (unpaired) electrons. The summed E-state index contributed by atoms with van der Waals surface area (Å²) < 4.78 is 5.50. The van der Waals surface area contributed by atoms with Crippen molar-refractivity contribution in [1.82, 2.24) is 20.4 Å². The van der Waals surface area contributed by atoms with Gasteiger partial charge < -0.3 is 9.84 Å². The van der Waals surface area contributed by atoms with Crippen LogP contribution in [0.1, 0.15) is 43.5 Å². The molecule has 0 spiro atoms. The van der Waals surface area contributed by atoms with Crippen molar-refractivity contribution in [3.8, 4) is 11.4 Å². The largest absolute Gasteiger partial charge is 0.337 e. The van der Waals surface area contributed by atoms with Gasteiger partial charge in [-0.1, -0.05) is 5.16 Å². The minimum absolute atomic E-state index is 0.194. The Labute approximate surface area is 118 Å². The zero-order valence-electron chi connectivity index (χ0n) is 12.2. The maximum Gasteiger partial charge on any atom is 0.246 e. The topological polar surface area (TPSA) is 63.8 Å². The summed E-state index contributed by atoms with van der Waals surface area (Å²) in [5.41, 5.74) is 2.70. The summed E-state index contributed by atoms with van der Waals surface area (Å²) in [6.07, 6.45) is 3.43. The molecular weight excluding hydrogens is 252 g/mol. The molecule has 1 saturated heterocycles. The van der Waals surface area contributed by atoms with E-state index in [1.807, 2.05) is 26.0 Å². The van der Waals surface area contributed by atoms with Gasteiger partial charge >= 0.3 is 0 Å². The predicted octanol–water partition coefficient (Wildman–Crippen LogP) is 2.74. The van der Waals surface area contributed by atoms with Crippen LogP contribution in [0.4, 0.5) is 0 Å². The summed E-state index contributed by atoms with van der Waals surface area (Å²) in [4.78, 5) is 8.96.